The molecule has 0 radical (unpaired) electrons. The zero-order valence-corrected chi connectivity index (χ0v) is 15.4. The van der Waals surface area contributed by atoms with Crippen molar-refractivity contribution >= 4 is 21.6 Å². The third-order valence-electron chi connectivity index (χ3n) is 4.33. The lowest BCUT2D eigenvalue weighted by molar-refractivity contribution is 0.0656. The number of carbonyl (C=O) groups excluding carboxylic acids is 1. The molecule has 1 heterocycles. The Bertz CT molecular complexity index is 966. The third kappa shape index (κ3) is 4.25. The van der Waals surface area contributed by atoms with Gasteiger partial charge in [-0.3, -0.25) is 9.52 Å². The molecule has 1 saturated heterocycles. The number of anilines is 1. The van der Waals surface area contributed by atoms with Gasteiger partial charge in [-0.15, -0.1) is 0 Å². The number of carbonyl (C=O) groups is 1. The first-order chi connectivity index (χ1) is 12.8. The fourth-order valence-corrected chi connectivity index (χ4v) is 3.94. The highest BCUT2D eigenvalue weighted by Gasteiger charge is 2.24. The predicted molar refractivity (Wildman–Crippen MR) is 97.0 cm³/mol. The molecule has 0 aromatic heterocycles. The summed E-state index contributed by atoms with van der Waals surface area (Å²) in [6, 6.07) is 8.41. The number of hydrogen-bond acceptors (Lipinski definition) is 4. The number of rotatable bonds is 4. The van der Waals surface area contributed by atoms with Gasteiger partial charge in [0.1, 0.15) is 0 Å². The van der Waals surface area contributed by atoms with Gasteiger partial charge >= 0.3 is 0 Å². The molecule has 1 aliphatic heterocycles. The van der Waals surface area contributed by atoms with Crippen molar-refractivity contribution in [2.24, 2.45) is 0 Å². The van der Waals surface area contributed by atoms with Crippen molar-refractivity contribution in [1.29, 1.82) is 0 Å². The van der Waals surface area contributed by atoms with E-state index in [-0.39, 0.29) is 17.6 Å². The van der Waals surface area contributed by atoms with Gasteiger partial charge < -0.3 is 10.2 Å². The Balaban J connectivity index is 1.83. The topological polar surface area (TPSA) is 78.5 Å². The first-order valence-electron chi connectivity index (χ1n) is 8.37. The molecule has 0 aliphatic carbocycles. The second-order valence-electron chi connectivity index (χ2n) is 6.31. The Hall–Kier alpha value is -2.52. The Morgan fingerprint density at radius 3 is 2.67 bits per heavy atom. The summed E-state index contributed by atoms with van der Waals surface area (Å²) in [5.74, 6) is -2.58. The molecule has 1 fully saturated rings. The van der Waals surface area contributed by atoms with Crippen molar-refractivity contribution in [3.8, 4) is 0 Å². The Morgan fingerprint density at radius 1 is 1.19 bits per heavy atom. The van der Waals surface area contributed by atoms with Crippen LogP contribution >= 0.6 is 0 Å². The number of hydrogen-bond donors (Lipinski definition) is 2. The average Bonchev–Trinajstić information content (AvgIpc) is 2.63. The van der Waals surface area contributed by atoms with Crippen LogP contribution in [0.2, 0.25) is 0 Å². The minimum atomic E-state index is -4.12. The molecule has 2 aromatic carbocycles. The van der Waals surface area contributed by atoms with Crippen LogP contribution < -0.4 is 10.0 Å². The highest BCUT2D eigenvalue weighted by molar-refractivity contribution is 7.92. The van der Waals surface area contributed by atoms with Crippen LogP contribution in [0.15, 0.2) is 47.4 Å². The van der Waals surface area contributed by atoms with Crippen molar-refractivity contribution in [2.75, 3.05) is 24.4 Å². The molecule has 2 N–H and O–H groups in total. The number of sulfonamides is 1. The van der Waals surface area contributed by atoms with Crippen LogP contribution in [0, 0.1) is 11.6 Å². The summed E-state index contributed by atoms with van der Waals surface area (Å²) in [6.07, 6.45) is 0. The van der Waals surface area contributed by atoms with E-state index in [9.17, 15) is 22.0 Å². The highest BCUT2D eigenvalue weighted by Crippen LogP contribution is 2.20. The molecule has 2 aromatic rings. The number of halogens is 2. The quantitative estimate of drug-likeness (QED) is 0.832. The van der Waals surface area contributed by atoms with Gasteiger partial charge in [0.25, 0.3) is 15.9 Å². The largest absolute Gasteiger partial charge is 0.333 e. The zero-order chi connectivity index (χ0) is 19.6. The van der Waals surface area contributed by atoms with Crippen molar-refractivity contribution in [1.82, 2.24) is 10.2 Å². The minimum Gasteiger partial charge on any atom is -0.333 e. The monoisotopic (exact) mass is 395 g/mol. The van der Waals surface area contributed by atoms with E-state index in [1.165, 1.54) is 12.1 Å². The lowest BCUT2D eigenvalue weighted by Gasteiger charge is -2.34. The van der Waals surface area contributed by atoms with E-state index in [4.69, 9.17) is 0 Å². The molecule has 1 atom stereocenters. The molecule has 1 unspecified atom stereocenters. The van der Waals surface area contributed by atoms with Gasteiger partial charge in [0.05, 0.1) is 4.90 Å². The van der Waals surface area contributed by atoms with Gasteiger partial charge in [-0.05, 0) is 43.3 Å². The lowest BCUT2D eigenvalue weighted by atomic mass is 10.1. The maximum atomic E-state index is 13.3. The summed E-state index contributed by atoms with van der Waals surface area (Å²) in [5.41, 5.74) is 0.502. The van der Waals surface area contributed by atoms with Crippen molar-refractivity contribution in [3.63, 3.8) is 0 Å². The SMILES string of the molecule is CC1CNCCN1C(=O)c1cccc(NS(=O)(=O)c2ccc(F)c(F)c2)c1. The first kappa shape index (κ1) is 19.2. The smallest absolute Gasteiger partial charge is 0.261 e. The van der Waals surface area contributed by atoms with Gasteiger partial charge in [0.2, 0.25) is 0 Å². The number of nitrogens with one attached hydrogen (secondary N) is 2. The molecule has 1 aliphatic rings. The number of piperazine rings is 1. The van der Waals surface area contributed by atoms with E-state index in [2.05, 4.69) is 10.0 Å². The van der Waals surface area contributed by atoms with Crippen LogP contribution in [0.5, 0.6) is 0 Å². The minimum absolute atomic E-state index is 0.0220. The predicted octanol–water partition coefficient (Wildman–Crippen LogP) is 2.20. The van der Waals surface area contributed by atoms with E-state index >= 15 is 0 Å². The Morgan fingerprint density at radius 2 is 1.96 bits per heavy atom. The highest BCUT2D eigenvalue weighted by atomic mass is 32.2. The molecular formula is C18H19F2N3O3S. The van der Waals surface area contributed by atoms with Crippen LogP contribution in [0.4, 0.5) is 14.5 Å². The summed E-state index contributed by atoms with van der Waals surface area (Å²) < 4.78 is 53.4. The lowest BCUT2D eigenvalue weighted by Crippen LogP contribution is -2.52. The molecular weight excluding hydrogens is 376 g/mol. The van der Waals surface area contributed by atoms with E-state index in [1.807, 2.05) is 6.92 Å². The Kier molecular flexibility index (Phi) is 5.43. The summed E-state index contributed by atoms with van der Waals surface area (Å²) in [4.78, 5) is 14.0. The van der Waals surface area contributed by atoms with Crippen LogP contribution in [-0.4, -0.2) is 44.9 Å². The summed E-state index contributed by atoms with van der Waals surface area (Å²) >= 11 is 0. The first-order valence-corrected chi connectivity index (χ1v) is 9.86. The van der Waals surface area contributed by atoms with Crippen molar-refractivity contribution in [3.05, 3.63) is 59.7 Å². The summed E-state index contributed by atoms with van der Waals surface area (Å²) in [7, 11) is -4.12. The van der Waals surface area contributed by atoms with Crippen LogP contribution in [0.1, 0.15) is 17.3 Å². The molecule has 1 amide bonds. The fraction of sp³-hybridized carbons (Fsp3) is 0.278. The molecule has 0 bridgehead atoms. The maximum Gasteiger partial charge on any atom is 0.261 e. The zero-order valence-electron chi connectivity index (χ0n) is 14.6. The van der Waals surface area contributed by atoms with Gasteiger partial charge in [-0.1, -0.05) is 6.07 Å². The molecule has 27 heavy (non-hydrogen) atoms. The molecule has 144 valence electrons. The second kappa shape index (κ2) is 7.61. The van der Waals surface area contributed by atoms with Gasteiger partial charge in [0, 0.05) is 36.9 Å². The number of nitrogens with zero attached hydrogens (tertiary/aromatic N) is 1. The standard InChI is InChI=1S/C18H19F2N3O3S/c1-12-11-21-7-8-23(12)18(24)13-3-2-4-14(9-13)22-27(25,26)15-5-6-16(19)17(20)10-15/h2-6,9-10,12,21-22H,7-8,11H2,1H3. The maximum absolute atomic E-state index is 13.3. The van der Waals surface area contributed by atoms with Crippen molar-refractivity contribution in [2.45, 2.75) is 17.9 Å². The molecule has 3 rings (SSSR count). The van der Waals surface area contributed by atoms with Crippen LogP contribution in [0.25, 0.3) is 0 Å². The normalized spacial score (nSPS) is 17.6. The second-order valence-corrected chi connectivity index (χ2v) is 8.00. The summed E-state index contributed by atoms with van der Waals surface area (Å²) in [5, 5.41) is 3.20. The van der Waals surface area contributed by atoms with Crippen LogP contribution in [0.3, 0.4) is 0 Å². The third-order valence-corrected chi connectivity index (χ3v) is 5.70. The average molecular weight is 395 g/mol. The molecule has 0 saturated carbocycles. The van der Waals surface area contributed by atoms with Gasteiger partial charge in [-0.2, -0.15) is 0 Å². The van der Waals surface area contributed by atoms with Crippen molar-refractivity contribution < 1.29 is 22.0 Å². The van der Waals surface area contributed by atoms with Gasteiger partial charge in [0.15, 0.2) is 11.6 Å². The molecule has 9 heteroatoms. The van der Waals surface area contributed by atoms with Gasteiger partial charge in [-0.25, -0.2) is 17.2 Å². The number of amides is 1. The molecule has 6 nitrogen and oxygen atoms in total. The Labute approximate surface area is 156 Å². The number of benzene rings is 2. The van der Waals surface area contributed by atoms with E-state index in [0.29, 0.717) is 31.3 Å². The van der Waals surface area contributed by atoms with E-state index < -0.39 is 26.6 Å². The fourth-order valence-electron chi connectivity index (χ4n) is 2.88. The summed E-state index contributed by atoms with van der Waals surface area (Å²) in [6.45, 7) is 3.87. The van der Waals surface area contributed by atoms with E-state index in [0.717, 1.165) is 12.1 Å². The van der Waals surface area contributed by atoms with E-state index in [1.54, 1.807) is 17.0 Å². The van der Waals surface area contributed by atoms with Crippen LogP contribution in [-0.2, 0) is 10.0 Å². The molecule has 0 spiro atoms.